The van der Waals surface area contributed by atoms with Crippen LogP contribution >= 0.6 is 12.6 Å². The Bertz CT molecular complexity index is 231. The molecule has 1 rings (SSSR count). The molecule has 1 saturated carbocycles. The molecule has 1 amide bonds. The lowest BCUT2D eigenvalue weighted by molar-refractivity contribution is -0.136. The van der Waals surface area contributed by atoms with Crippen LogP contribution in [0.15, 0.2) is 0 Å². The maximum Gasteiger partial charge on any atom is 0.221 e. The Hall–Kier alpha value is -0.220. The van der Waals surface area contributed by atoms with Crippen LogP contribution in [0.1, 0.15) is 33.6 Å². The molecule has 1 N–H and O–H groups in total. The Labute approximate surface area is 97.4 Å². The molecule has 0 saturated heterocycles. The fraction of sp³-hybridized carbons (Fsp3) is 0.909. The lowest BCUT2D eigenvalue weighted by atomic mass is 9.64. The summed E-state index contributed by atoms with van der Waals surface area (Å²) in [4.78, 5) is 11.4. The van der Waals surface area contributed by atoms with Crippen LogP contribution in [0.2, 0.25) is 0 Å². The van der Waals surface area contributed by atoms with Crippen LogP contribution in [-0.2, 0) is 9.53 Å². The fourth-order valence-corrected chi connectivity index (χ4v) is 2.19. The van der Waals surface area contributed by atoms with Crippen LogP contribution < -0.4 is 5.32 Å². The van der Waals surface area contributed by atoms with Gasteiger partial charge in [-0.25, -0.2) is 0 Å². The largest absolute Gasteiger partial charge is 0.378 e. The number of carbonyl (C=O) groups excluding carboxylic acids is 1. The molecule has 0 radical (unpaired) electrons. The predicted octanol–water partition coefficient (Wildman–Crippen LogP) is 1.63. The average molecular weight is 231 g/mol. The van der Waals surface area contributed by atoms with Crippen molar-refractivity contribution in [1.29, 1.82) is 0 Å². The first-order valence-electron chi connectivity index (χ1n) is 5.54. The fourth-order valence-electron chi connectivity index (χ4n) is 1.98. The van der Waals surface area contributed by atoms with Gasteiger partial charge >= 0.3 is 0 Å². The zero-order valence-corrected chi connectivity index (χ0v) is 10.6. The van der Waals surface area contributed by atoms with Crippen LogP contribution in [0.25, 0.3) is 0 Å². The highest BCUT2D eigenvalue weighted by molar-refractivity contribution is 7.80. The molecular formula is C11H21NO2S. The first-order chi connectivity index (χ1) is 7.02. The molecule has 0 heterocycles. The molecular weight excluding hydrogens is 210 g/mol. The van der Waals surface area contributed by atoms with Crippen molar-refractivity contribution >= 4 is 18.5 Å². The first-order valence-corrected chi connectivity index (χ1v) is 6.17. The molecule has 2 atom stereocenters. The third kappa shape index (κ3) is 2.88. The number of amides is 1. The molecule has 1 aliphatic carbocycles. The lowest BCUT2D eigenvalue weighted by Gasteiger charge is -2.51. The predicted molar refractivity (Wildman–Crippen MR) is 64.2 cm³/mol. The van der Waals surface area contributed by atoms with E-state index in [-0.39, 0.29) is 23.5 Å². The van der Waals surface area contributed by atoms with Crippen LogP contribution in [0.3, 0.4) is 0 Å². The summed E-state index contributed by atoms with van der Waals surface area (Å²) in [6, 6.07) is 0.251. The van der Waals surface area contributed by atoms with Crippen LogP contribution in [0.4, 0.5) is 0 Å². The Morgan fingerprint density at radius 2 is 2.27 bits per heavy atom. The highest BCUT2D eigenvalue weighted by atomic mass is 32.1. The Morgan fingerprint density at radius 1 is 1.60 bits per heavy atom. The maximum atomic E-state index is 11.4. The number of ether oxygens (including phenoxy) is 1. The molecule has 0 spiro atoms. The number of rotatable bonds is 5. The number of hydrogen-bond acceptors (Lipinski definition) is 3. The van der Waals surface area contributed by atoms with Gasteiger partial charge < -0.3 is 10.1 Å². The number of carbonyl (C=O) groups is 1. The summed E-state index contributed by atoms with van der Waals surface area (Å²) in [7, 11) is 0. The topological polar surface area (TPSA) is 38.3 Å². The van der Waals surface area contributed by atoms with Crippen molar-refractivity contribution in [1.82, 2.24) is 5.32 Å². The third-order valence-corrected chi connectivity index (χ3v) is 3.44. The lowest BCUT2D eigenvalue weighted by Crippen LogP contribution is -2.62. The van der Waals surface area contributed by atoms with E-state index < -0.39 is 0 Å². The van der Waals surface area contributed by atoms with Gasteiger partial charge in [-0.1, -0.05) is 13.8 Å². The van der Waals surface area contributed by atoms with Gasteiger partial charge in [0.25, 0.3) is 0 Å². The summed E-state index contributed by atoms with van der Waals surface area (Å²) in [5.74, 6) is 0.700. The van der Waals surface area contributed by atoms with Crippen molar-refractivity contribution in [2.24, 2.45) is 5.41 Å². The molecule has 2 unspecified atom stereocenters. The highest BCUT2D eigenvalue weighted by Crippen LogP contribution is 2.42. The number of nitrogens with one attached hydrogen (secondary N) is 1. The highest BCUT2D eigenvalue weighted by Gasteiger charge is 2.49. The smallest absolute Gasteiger partial charge is 0.221 e. The van der Waals surface area contributed by atoms with Crippen molar-refractivity contribution in [3.63, 3.8) is 0 Å². The Kier molecular flexibility index (Phi) is 4.46. The summed E-state index contributed by atoms with van der Waals surface area (Å²) in [6.07, 6.45) is 1.71. The minimum absolute atomic E-state index is 0.0578. The molecule has 0 aromatic carbocycles. The van der Waals surface area contributed by atoms with E-state index in [9.17, 15) is 4.79 Å². The van der Waals surface area contributed by atoms with E-state index in [1.807, 2.05) is 6.92 Å². The quantitative estimate of drug-likeness (QED) is 0.706. The summed E-state index contributed by atoms with van der Waals surface area (Å²) >= 11 is 4.04. The minimum Gasteiger partial charge on any atom is -0.378 e. The Morgan fingerprint density at radius 3 is 2.73 bits per heavy atom. The van der Waals surface area contributed by atoms with Crippen LogP contribution in [-0.4, -0.2) is 30.4 Å². The second-order valence-electron chi connectivity index (χ2n) is 4.59. The average Bonchev–Trinajstić information content (AvgIpc) is 2.17. The van der Waals surface area contributed by atoms with E-state index in [0.717, 1.165) is 13.0 Å². The van der Waals surface area contributed by atoms with Gasteiger partial charge in [0, 0.05) is 24.5 Å². The van der Waals surface area contributed by atoms with Crippen LogP contribution in [0, 0.1) is 5.41 Å². The molecule has 1 aliphatic rings. The van der Waals surface area contributed by atoms with Gasteiger partial charge in [-0.2, -0.15) is 12.6 Å². The third-order valence-electron chi connectivity index (χ3n) is 3.22. The molecule has 3 nitrogen and oxygen atoms in total. The van der Waals surface area contributed by atoms with E-state index in [1.54, 1.807) is 0 Å². The summed E-state index contributed by atoms with van der Waals surface area (Å²) in [5.41, 5.74) is 0.0578. The van der Waals surface area contributed by atoms with Gasteiger partial charge in [-0.15, -0.1) is 0 Å². The molecule has 0 aliphatic heterocycles. The zero-order chi connectivity index (χ0) is 11.5. The van der Waals surface area contributed by atoms with Gasteiger partial charge in [0.15, 0.2) is 0 Å². The minimum atomic E-state index is 0.0578. The van der Waals surface area contributed by atoms with E-state index in [2.05, 4.69) is 31.8 Å². The van der Waals surface area contributed by atoms with Crippen molar-refractivity contribution in [2.45, 2.75) is 45.8 Å². The summed E-state index contributed by atoms with van der Waals surface area (Å²) < 4.78 is 5.60. The second kappa shape index (κ2) is 5.21. The van der Waals surface area contributed by atoms with Gasteiger partial charge in [-0.05, 0) is 19.1 Å². The van der Waals surface area contributed by atoms with Crippen molar-refractivity contribution in [2.75, 3.05) is 12.4 Å². The maximum absolute atomic E-state index is 11.4. The van der Waals surface area contributed by atoms with E-state index in [4.69, 9.17) is 4.74 Å². The first kappa shape index (κ1) is 12.8. The number of hydrogen-bond donors (Lipinski definition) is 2. The molecule has 88 valence electrons. The van der Waals surface area contributed by atoms with Crippen molar-refractivity contribution < 1.29 is 9.53 Å². The van der Waals surface area contributed by atoms with Gasteiger partial charge in [0.05, 0.1) is 6.10 Å². The van der Waals surface area contributed by atoms with Gasteiger partial charge in [0.1, 0.15) is 0 Å². The summed E-state index contributed by atoms with van der Waals surface area (Å²) in [6.45, 7) is 7.03. The van der Waals surface area contributed by atoms with Gasteiger partial charge in [-0.3, -0.25) is 4.79 Å². The molecule has 0 bridgehead atoms. The molecule has 0 aromatic rings. The molecule has 4 heteroatoms. The Balaban J connectivity index is 2.38. The molecule has 15 heavy (non-hydrogen) atoms. The van der Waals surface area contributed by atoms with E-state index >= 15 is 0 Å². The zero-order valence-electron chi connectivity index (χ0n) is 9.75. The van der Waals surface area contributed by atoms with Crippen LogP contribution in [0.5, 0.6) is 0 Å². The SMILES string of the molecule is CCOC1CC(NC(=O)CCS)C1(C)C. The van der Waals surface area contributed by atoms with Gasteiger partial charge in [0.2, 0.25) is 5.91 Å². The normalized spacial score (nSPS) is 28.3. The van der Waals surface area contributed by atoms with E-state index in [1.165, 1.54) is 0 Å². The van der Waals surface area contributed by atoms with Crippen molar-refractivity contribution in [3.8, 4) is 0 Å². The molecule has 0 aromatic heterocycles. The monoisotopic (exact) mass is 231 g/mol. The van der Waals surface area contributed by atoms with Crippen molar-refractivity contribution in [3.05, 3.63) is 0 Å². The standard InChI is InChI=1S/C11H21NO2S/c1-4-14-9-7-8(11(9,2)3)12-10(13)5-6-15/h8-9,15H,4-7H2,1-3H3,(H,12,13). The summed E-state index contributed by atoms with van der Waals surface area (Å²) in [5, 5.41) is 3.03. The number of thiol groups is 1. The van der Waals surface area contributed by atoms with E-state index in [0.29, 0.717) is 12.2 Å². The second-order valence-corrected chi connectivity index (χ2v) is 5.04. The molecule has 1 fully saturated rings.